The molecule has 0 radical (unpaired) electrons. The zero-order chi connectivity index (χ0) is 12.3. The fraction of sp³-hybridized carbons (Fsp3) is 0.583. The van der Waals surface area contributed by atoms with Gasteiger partial charge in [-0.1, -0.05) is 23.2 Å². The number of nitrogens with two attached hydrogens (primary N) is 1. The Labute approximate surface area is 112 Å². The van der Waals surface area contributed by atoms with Crippen molar-refractivity contribution in [1.29, 1.82) is 0 Å². The molecule has 5 heteroatoms. The molecule has 0 aliphatic carbocycles. The van der Waals surface area contributed by atoms with Gasteiger partial charge in [0.05, 0.1) is 10.0 Å². The van der Waals surface area contributed by atoms with E-state index >= 15 is 0 Å². The minimum Gasteiger partial charge on any atom is -0.352 e. The van der Waals surface area contributed by atoms with E-state index in [1.807, 2.05) is 0 Å². The van der Waals surface area contributed by atoms with Crippen molar-refractivity contribution in [2.75, 3.05) is 18.0 Å². The summed E-state index contributed by atoms with van der Waals surface area (Å²) in [6, 6.07) is 2.27. The van der Waals surface area contributed by atoms with Crippen molar-refractivity contribution in [3.05, 3.63) is 22.3 Å². The summed E-state index contributed by atoms with van der Waals surface area (Å²) in [5.41, 5.74) is 5.56. The number of halogens is 2. The number of hydrogen-bond acceptors (Lipinski definition) is 3. The van der Waals surface area contributed by atoms with Crippen LogP contribution in [0.25, 0.3) is 0 Å². The number of aromatic nitrogens is 1. The van der Waals surface area contributed by atoms with Gasteiger partial charge in [-0.2, -0.15) is 0 Å². The van der Waals surface area contributed by atoms with Gasteiger partial charge in [0, 0.05) is 18.8 Å². The maximum absolute atomic E-state index is 6.20. The molecule has 94 valence electrons. The highest BCUT2D eigenvalue weighted by Crippen LogP contribution is 2.32. The van der Waals surface area contributed by atoms with Crippen LogP contribution >= 0.6 is 23.2 Å². The van der Waals surface area contributed by atoms with Gasteiger partial charge in [-0.05, 0) is 38.3 Å². The lowest BCUT2D eigenvalue weighted by Gasteiger charge is -2.26. The van der Waals surface area contributed by atoms with Crippen LogP contribution in [-0.4, -0.2) is 24.1 Å². The molecule has 3 nitrogen and oxygen atoms in total. The fourth-order valence-electron chi connectivity index (χ4n) is 2.39. The Morgan fingerprint density at radius 2 is 2.29 bits per heavy atom. The monoisotopic (exact) mass is 273 g/mol. The average Bonchev–Trinajstić information content (AvgIpc) is 2.74. The molecule has 1 fully saturated rings. The molecule has 17 heavy (non-hydrogen) atoms. The van der Waals surface area contributed by atoms with Gasteiger partial charge in [-0.3, -0.25) is 0 Å². The first kappa shape index (κ1) is 12.9. The summed E-state index contributed by atoms with van der Waals surface area (Å²) in [6.45, 7) is 1.76. The maximum Gasteiger partial charge on any atom is 0.147 e. The van der Waals surface area contributed by atoms with E-state index < -0.39 is 0 Å². The highest BCUT2D eigenvalue weighted by atomic mass is 35.5. The van der Waals surface area contributed by atoms with E-state index in [1.54, 1.807) is 12.3 Å². The first-order valence-corrected chi connectivity index (χ1v) is 6.75. The number of hydrogen-bond donors (Lipinski definition) is 1. The Morgan fingerprint density at radius 3 is 3.00 bits per heavy atom. The highest BCUT2D eigenvalue weighted by Gasteiger charge is 2.26. The van der Waals surface area contributed by atoms with Crippen LogP contribution in [0.3, 0.4) is 0 Å². The third kappa shape index (κ3) is 3.03. The van der Waals surface area contributed by atoms with Gasteiger partial charge in [-0.15, -0.1) is 0 Å². The summed E-state index contributed by atoms with van der Waals surface area (Å²) >= 11 is 12.1. The quantitative estimate of drug-likeness (QED) is 0.917. The lowest BCUT2D eigenvalue weighted by Crippen LogP contribution is -2.30. The smallest absolute Gasteiger partial charge is 0.147 e. The molecule has 2 rings (SSSR count). The molecule has 1 aliphatic rings. The number of nitrogens with zero attached hydrogens (tertiary/aromatic N) is 2. The Morgan fingerprint density at radius 1 is 1.47 bits per heavy atom. The van der Waals surface area contributed by atoms with Crippen molar-refractivity contribution in [1.82, 2.24) is 4.98 Å². The number of anilines is 1. The normalized spacial score (nSPS) is 19.9. The van der Waals surface area contributed by atoms with E-state index in [2.05, 4.69) is 9.88 Å². The topological polar surface area (TPSA) is 42.1 Å². The minimum atomic E-state index is 0.518. The zero-order valence-corrected chi connectivity index (χ0v) is 11.2. The van der Waals surface area contributed by atoms with Crippen molar-refractivity contribution >= 4 is 29.0 Å². The molecule has 0 saturated carbocycles. The van der Waals surface area contributed by atoms with Crippen LogP contribution in [0.4, 0.5) is 5.82 Å². The molecule has 1 aliphatic heterocycles. The summed E-state index contributed by atoms with van der Waals surface area (Å²) in [7, 11) is 0. The molecule has 0 amide bonds. The summed E-state index contributed by atoms with van der Waals surface area (Å²) in [6.07, 6.45) is 6.20. The van der Waals surface area contributed by atoms with Crippen LogP contribution in [0.5, 0.6) is 0 Å². The summed E-state index contributed by atoms with van der Waals surface area (Å²) in [5, 5.41) is 1.22. The summed E-state index contributed by atoms with van der Waals surface area (Å²) in [5.74, 6) is 0.857. The Kier molecular flexibility index (Phi) is 4.48. The van der Waals surface area contributed by atoms with Crippen LogP contribution in [0, 0.1) is 0 Å². The standard InChI is InChI=1S/C12H17Cl2N3/c13-9-7-11(14)12(16-8-9)17-6-2-4-10(17)3-1-5-15/h7-8,10H,1-6,15H2. The van der Waals surface area contributed by atoms with Crippen LogP contribution in [0.15, 0.2) is 12.3 Å². The van der Waals surface area contributed by atoms with Crippen molar-refractivity contribution in [2.45, 2.75) is 31.7 Å². The van der Waals surface area contributed by atoms with Gasteiger partial charge in [0.2, 0.25) is 0 Å². The first-order valence-electron chi connectivity index (χ1n) is 6.00. The van der Waals surface area contributed by atoms with Crippen molar-refractivity contribution in [2.24, 2.45) is 5.73 Å². The Bertz CT molecular complexity index is 384. The largest absolute Gasteiger partial charge is 0.352 e. The predicted molar refractivity (Wildman–Crippen MR) is 72.9 cm³/mol. The van der Waals surface area contributed by atoms with Gasteiger partial charge in [-0.25, -0.2) is 4.98 Å². The second kappa shape index (κ2) is 5.89. The lowest BCUT2D eigenvalue weighted by atomic mass is 10.1. The van der Waals surface area contributed by atoms with Crippen LogP contribution in [0.2, 0.25) is 10.0 Å². The molecule has 1 saturated heterocycles. The highest BCUT2D eigenvalue weighted by molar-refractivity contribution is 6.36. The lowest BCUT2D eigenvalue weighted by molar-refractivity contribution is 0.582. The minimum absolute atomic E-state index is 0.518. The molecular formula is C12H17Cl2N3. The van der Waals surface area contributed by atoms with Crippen LogP contribution in [0.1, 0.15) is 25.7 Å². The second-order valence-corrected chi connectivity index (χ2v) is 5.22. The first-order chi connectivity index (χ1) is 8.22. The van der Waals surface area contributed by atoms with Gasteiger partial charge in [0.15, 0.2) is 0 Å². The Balaban J connectivity index is 2.14. The zero-order valence-electron chi connectivity index (χ0n) is 9.70. The van der Waals surface area contributed by atoms with Gasteiger partial charge < -0.3 is 10.6 Å². The molecule has 2 N–H and O–H groups in total. The molecule has 0 spiro atoms. The third-order valence-electron chi connectivity index (χ3n) is 3.18. The molecule has 0 aromatic carbocycles. The van der Waals surface area contributed by atoms with Gasteiger partial charge >= 0.3 is 0 Å². The summed E-state index contributed by atoms with van der Waals surface area (Å²) in [4.78, 5) is 6.63. The van der Waals surface area contributed by atoms with Gasteiger partial charge in [0.25, 0.3) is 0 Å². The fourth-order valence-corrected chi connectivity index (χ4v) is 2.88. The van der Waals surface area contributed by atoms with Gasteiger partial charge in [0.1, 0.15) is 5.82 Å². The van der Waals surface area contributed by atoms with E-state index in [4.69, 9.17) is 28.9 Å². The van der Waals surface area contributed by atoms with Crippen molar-refractivity contribution < 1.29 is 0 Å². The summed E-state index contributed by atoms with van der Waals surface area (Å²) < 4.78 is 0. The predicted octanol–water partition coefficient (Wildman–Crippen LogP) is 3.10. The third-order valence-corrected chi connectivity index (χ3v) is 3.66. The average molecular weight is 274 g/mol. The van der Waals surface area contributed by atoms with E-state index in [1.165, 1.54) is 12.8 Å². The van der Waals surface area contributed by atoms with Crippen molar-refractivity contribution in [3.63, 3.8) is 0 Å². The van der Waals surface area contributed by atoms with Crippen molar-refractivity contribution in [3.8, 4) is 0 Å². The van der Waals surface area contributed by atoms with E-state index in [0.29, 0.717) is 16.1 Å². The number of rotatable bonds is 4. The maximum atomic E-state index is 6.20. The van der Waals surface area contributed by atoms with E-state index in [0.717, 1.165) is 31.7 Å². The molecule has 1 unspecified atom stereocenters. The molecular weight excluding hydrogens is 257 g/mol. The van der Waals surface area contributed by atoms with E-state index in [9.17, 15) is 0 Å². The Hall–Kier alpha value is -0.510. The molecule has 2 heterocycles. The SMILES string of the molecule is NCCCC1CCCN1c1ncc(Cl)cc1Cl. The number of pyridine rings is 1. The van der Waals surface area contributed by atoms with Crippen LogP contribution in [-0.2, 0) is 0 Å². The molecule has 0 bridgehead atoms. The molecule has 1 aromatic rings. The second-order valence-electron chi connectivity index (χ2n) is 4.38. The van der Waals surface area contributed by atoms with Crippen LogP contribution < -0.4 is 10.6 Å². The molecule has 1 aromatic heterocycles. The molecule has 1 atom stereocenters. The van der Waals surface area contributed by atoms with E-state index in [-0.39, 0.29) is 0 Å².